The van der Waals surface area contributed by atoms with Crippen molar-refractivity contribution < 1.29 is 4.21 Å². The Hall–Kier alpha value is -1.88. The third kappa shape index (κ3) is 4.18. The van der Waals surface area contributed by atoms with Gasteiger partial charge in [-0.05, 0) is 49.4 Å². The number of thioether (sulfide) groups is 1. The average molecular weight is 396 g/mol. The molecule has 3 rings (SSSR count). The summed E-state index contributed by atoms with van der Waals surface area (Å²) in [6.45, 7) is 4.08. The van der Waals surface area contributed by atoms with Crippen LogP contribution in [0.3, 0.4) is 0 Å². The van der Waals surface area contributed by atoms with Crippen LogP contribution in [0.25, 0.3) is 0 Å². The molecule has 2 nitrogen and oxygen atoms in total. The Kier molecular flexibility index (Phi) is 6.20. The Morgan fingerprint density at radius 2 is 1.52 bits per heavy atom. The lowest BCUT2D eigenvalue weighted by molar-refractivity contribution is 0.477. The first kappa shape index (κ1) is 19.9. The number of aryl methyl sites for hydroxylation is 1. The molecule has 3 aromatic rings. The molecule has 0 fully saturated rings. The molecule has 3 atom stereocenters. The molecule has 27 heavy (non-hydrogen) atoms. The summed E-state index contributed by atoms with van der Waals surface area (Å²) in [7, 11) is -1.25. The maximum atomic E-state index is 13.3. The zero-order valence-electron chi connectivity index (χ0n) is 15.9. The van der Waals surface area contributed by atoms with Gasteiger partial charge in [-0.25, -0.2) is 4.21 Å². The highest BCUT2D eigenvalue weighted by molar-refractivity contribution is 7.99. The first-order valence-corrected chi connectivity index (χ1v) is 11.3. The Bertz CT molecular complexity index is 921. The monoisotopic (exact) mass is 395 g/mol. The molecular weight excluding hydrogens is 370 g/mol. The Morgan fingerprint density at radius 3 is 2.15 bits per heavy atom. The summed E-state index contributed by atoms with van der Waals surface area (Å²) in [5.41, 5.74) is 9.50. The summed E-state index contributed by atoms with van der Waals surface area (Å²) >= 11 is 1.69. The molecule has 4 heteroatoms. The average Bonchev–Trinajstić information content (AvgIpc) is 2.69. The van der Waals surface area contributed by atoms with Gasteiger partial charge < -0.3 is 5.73 Å². The van der Waals surface area contributed by atoms with Crippen LogP contribution in [0.4, 0.5) is 0 Å². The van der Waals surface area contributed by atoms with Crippen molar-refractivity contribution in [2.75, 3.05) is 6.26 Å². The van der Waals surface area contributed by atoms with Crippen molar-refractivity contribution in [2.45, 2.75) is 34.4 Å². The van der Waals surface area contributed by atoms with E-state index >= 15 is 0 Å². The fourth-order valence-corrected chi connectivity index (χ4v) is 5.70. The van der Waals surface area contributed by atoms with Gasteiger partial charge in [-0.15, -0.1) is 0 Å². The highest BCUT2D eigenvalue weighted by atomic mass is 32.2. The lowest BCUT2D eigenvalue weighted by Gasteiger charge is -2.35. The number of hydrogen-bond donors (Lipinski definition) is 1. The van der Waals surface area contributed by atoms with Gasteiger partial charge in [-0.3, -0.25) is 0 Å². The van der Waals surface area contributed by atoms with Gasteiger partial charge in [0.1, 0.15) is 0 Å². The summed E-state index contributed by atoms with van der Waals surface area (Å²) in [5.74, 6) is 0. The molecule has 0 unspecified atom stereocenters. The van der Waals surface area contributed by atoms with Gasteiger partial charge in [-0.2, -0.15) is 11.8 Å². The second kappa shape index (κ2) is 8.42. The predicted molar refractivity (Wildman–Crippen MR) is 117 cm³/mol. The number of benzene rings is 3. The molecule has 0 saturated heterocycles. The predicted octanol–water partition coefficient (Wildman–Crippen LogP) is 5.44. The van der Waals surface area contributed by atoms with Crippen LogP contribution >= 0.6 is 11.8 Å². The van der Waals surface area contributed by atoms with Gasteiger partial charge in [0.15, 0.2) is 0 Å². The number of rotatable bonds is 6. The number of hydrogen-bond acceptors (Lipinski definition) is 3. The fourth-order valence-electron chi connectivity index (χ4n) is 3.30. The summed E-state index contributed by atoms with van der Waals surface area (Å²) in [6.07, 6.45) is 2.06. The molecule has 140 valence electrons. The SMILES string of the molecule is CS[C@@H](c1ccccc1[S@@](=O)c1ccc(C)cc1)[C@](C)(N)c1ccccc1. The highest BCUT2D eigenvalue weighted by Crippen LogP contribution is 2.44. The molecule has 0 amide bonds. The topological polar surface area (TPSA) is 43.1 Å². The summed E-state index contributed by atoms with van der Waals surface area (Å²) < 4.78 is 13.3. The maximum Gasteiger partial charge on any atom is 0.0852 e. The van der Waals surface area contributed by atoms with Crippen LogP contribution in [0.1, 0.15) is 28.9 Å². The van der Waals surface area contributed by atoms with E-state index < -0.39 is 16.3 Å². The molecule has 2 N–H and O–H groups in total. The van der Waals surface area contributed by atoms with Gasteiger partial charge in [0.2, 0.25) is 0 Å². The van der Waals surface area contributed by atoms with Crippen molar-refractivity contribution in [3.8, 4) is 0 Å². The summed E-state index contributed by atoms with van der Waals surface area (Å²) in [6, 6.07) is 25.9. The van der Waals surface area contributed by atoms with Crippen LogP contribution in [0.2, 0.25) is 0 Å². The molecule has 0 aromatic heterocycles. The van der Waals surface area contributed by atoms with Crippen LogP contribution < -0.4 is 5.73 Å². The van der Waals surface area contributed by atoms with Crippen molar-refractivity contribution >= 4 is 22.6 Å². The van der Waals surface area contributed by atoms with E-state index in [2.05, 4.69) is 31.4 Å². The second-order valence-electron chi connectivity index (χ2n) is 6.88. The van der Waals surface area contributed by atoms with Crippen molar-refractivity contribution in [3.63, 3.8) is 0 Å². The first-order chi connectivity index (χ1) is 12.9. The number of nitrogens with two attached hydrogens (primary N) is 1. The smallest absolute Gasteiger partial charge is 0.0852 e. The van der Waals surface area contributed by atoms with Gasteiger partial charge in [0.05, 0.1) is 21.6 Å². The summed E-state index contributed by atoms with van der Waals surface area (Å²) in [4.78, 5) is 1.64. The van der Waals surface area contributed by atoms with Crippen LogP contribution in [0, 0.1) is 6.92 Å². The second-order valence-corrected chi connectivity index (χ2v) is 9.28. The van der Waals surface area contributed by atoms with E-state index in [4.69, 9.17) is 5.73 Å². The van der Waals surface area contributed by atoms with E-state index in [9.17, 15) is 4.21 Å². The molecule has 0 spiro atoms. The minimum atomic E-state index is -1.25. The molecule has 0 aliphatic rings. The van der Waals surface area contributed by atoms with Crippen LogP contribution in [0.15, 0.2) is 88.7 Å². The van der Waals surface area contributed by atoms with Crippen molar-refractivity contribution in [2.24, 2.45) is 5.73 Å². The van der Waals surface area contributed by atoms with Crippen molar-refractivity contribution in [1.29, 1.82) is 0 Å². The molecule has 3 aromatic carbocycles. The molecule has 0 radical (unpaired) electrons. The quantitative estimate of drug-likeness (QED) is 0.604. The lowest BCUT2D eigenvalue weighted by atomic mass is 9.86. The zero-order chi connectivity index (χ0) is 19.4. The molecule has 0 saturated carbocycles. The Morgan fingerprint density at radius 1 is 0.926 bits per heavy atom. The fraction of sp³-hybridized carbons (Fsp3) is 0.217. The third-order valence-corrected chi connectivity index (χ3v) is 7.50. The largest absolute Gasteiger partial charge is 0.320 e. The van der Waals surface area contributed by atoms with Crippen molar-refractivity contribution in [1.82, 2.24) is 0 Å². The van der Waals surface area contributed by atoms with Gasteiger partial charge in [0, 0.05) is 9.79 Å². The first-order valence-electron chi connectivity index (χ1n) is 8.89. The standard InChI is InChI=1S/C23H25NOS2/c1-17-13-15-19(16-14-17)27(25)21-12-8-7-11-20(21)22(26-3)23(2,24)18-9-5-4-6-10-18/h4-16,22H,24H2,1-3H3/t22-,23+,27-/m0/s1. The molecule has 0 aliphatic heterocycles. The van der Waals surface area contributed by atoms with Crippen LogP contribution in [-0.4, -0.2) is 10.5 Å². The van der Waals surface area contributed by atoms with Crippen molar-refractivity contribution in [3.05, 3.63) is 95.6 Å². The molecule has 0 heterocycles. The van der Waals surface area contributed by atoms with Gasteiger partial charge in [0.25, 0.3) is 0 Å². The Labute approximate surface area is 168 Å². The molecule has 0 aliphatic carbocycles. The van der Waals surface area contributed by atoms with E-state index in [1.54, 1.807) is 11.8 Å². The lowest BCUT2D eigenvalue weighted by Crippen LogP contribution is -2.38. The summed E-state index contributed by atoms with van der Waals surface area (Å²) in [5, 5.41) is -0.0227. The van der Waals surface area contributed by atoms with E-state index in [1.165, 1.54) is 0 Å². The van der Waals surface area contributed by atoms with E-state index in [0.29, 0.717) is 0 Å². The van der Waals surface area contributed by atoms with Crippen LogP contribution in [-0.2, 0) is 16.3 Å². The van der Waals surface area contributed by atoms with E-state index in [0.717, 1.165) is 26.5 Å². The highest BCUT2D eigenvalue weighted by Gasteiger charge is 2.34. The Balaban J connectivity index is 2.06. The maximum absolute atomic E-state index is 13.3. The molecule has 0 bridgehead atoms. The normalized spacial score (nSPS) is 15.7. The zero-order valence-corrected chi connectivity index (χ0v) is 17.5. The third-order valence-electron chi connectivity index (χ3n) is 4.81. The molecular formula is C23H25NOS2. The van der Waals surface area contributed by atoms with E-state index in [-0.39, 0.29) is 5.25 Å². The minimum Gasteiger partial charge on any atom is -0.320 e. The van der Waals surface area contributed by atoms with Crippen LogP contribution in [0.5, 0.6) is 0 Å². The minimum absolute atomic E-state index is 0.0227. The van der Waals surface area contributed by atoms with Gasteiger partial charge in [-0.1, -0.05) is 66.2 Å². The van der Waals surface area contributed by atoms with E-state index in [1.807, 2.05) is 67.6 Å². The van der Waals surface area contributed by atoms with Gasteiger partial charge >= 0.3 is 0 Å².